The van der Waals surface area contributed by atoms with Gasteiger partial charge in [-0.3, -0.25) is 0 Å². The van der Waals surface area contributed by atoms with E-state index in [-0.39, 0.29) is 30.3 Å². The fourth-order valence-electron chi connectivity index (χ4n) is 4.02. The first-order valence-electron chi connectivity index (χ1n) is 10.8. The number of nitrogens with two attached hydrogens (primary N) is 1. The summed E-state index contributed by atoms with van der Waals surface area (Å²) in [6, 6.07) is 14.8. The fraction of sp³-hybridized carbons (Fsp3) is 0.348. The van der Waals surface area contributed by atoms with Crippen molar-refractivity contribution in [1.82, 2.24) is 4.98 Å². The van der Waals surface area contributed by atoms with Gasteiger partial charge in [0.25, 0.3) is 0 Å². The number of hydrogen-bond acceptors (Lipinski definition) is 8. The number of benzene rings is 2. The van der Waals surface area contributed by atoms with Crippen LogP contribution in [0.4, 0.5) is 11.5 Å². The Kier molecular flexibility index (Phi) is 6.60. The van der Waals surface area contributed by atoms with E-state index in [4.69, 9.17) is 10.7 Å². The number of nitrogens with one attached hydrogen (secondary N) is 1. The zero-order valence-corrected chi connectivity index (χ0v) is 20.1. The Hall–Kier alpha value is -2.69. The highest BCUT2D eigenvalue weighted by Gasteiger charge is 2.26. The molecule has 0 unspecified atom stereocenters. The number of nitrogens with zero attached hydrogens (tertiary/aromatic N) is 2. The molecule has 1 aromatic heterocycles. The van der Waals surface area contributed by atoms with E-state index in [0.717, 1.165) is 27.7 Å². The molecule has 4 rings (SSSR count). The minimum Gasteiger partial charge on any atom is -0.383 e. The molecule has 8 nitrogen and oxygen atoms in total. The van der Waals surface area contributed by atoms with Gasteiger partial charge in [0, 0.05) is 43.3 Å². The van der Waals surface area contributed by atoms with Crippen LogP contribution in [0.2, 0.25) is 0 Å². The second-order valence-electron chi connectivity index (χ2n) is 8.26. The van der Waals surface area contributed by atoms with Crippen molar-refractivity contribution in [2.75, 3.05) is 47.1 Å². The van der Waals surface area contributed by atoms with Gasteiger partial charge in [0.05, 0.1) is 27.7 Å². The Morgan fingerprint density at radius 2 is 1.91 bits per heavy atom. The standard InChI is InChI=1S/C23H28N4O4S2/c1-17-6-7-20-19(14-17)21(25-9-12-32(28,29)11-8-24)15-23(26-20)27-10-13-33(30,31)22-5-3-2-4-18(22)16-27/h2-7,14-15H,8-13,16,24H2,1H3,(H,25,26). The molecule has 0 aliphatic carbocycles. The number of pyridine rings is 1. The van der Waals surface area contributed by atoms with Crippen LogP contribution >= 0.6 is 0 Å². The molecule has 0 bridgehead atoms. The summed E-state index contributed by atoms with van der Waals surface area (Å²) in [7, 11) is -6.60. The lowest BCUT2D eigenvalue weighted by molar-refractivity contribution is 0.594. The quantitative estimate of drug-likeness (QED) is 0.519. The highest BCUT2D eigenvalue weighted by Crippen LogP contribution is 2.31. The number of aromatic nitrogens is 1. The van der Waals surface area contributed by atoms with E-state index >= 15 is 0 Å². The van der Waals surface area contributed by atoms with Gasteiger partial charge in [-0.25, -0.2) is 21.8 Å². The number of hydrogen-bond donors (Lipinski definition) is 2. The van der Waals surface area contributed by atoms with Crippen LogP contribution in [0.15, 0.2) is 53.4 Å². The van der Waals surface area contributed by atoms with Crippen molar-refractivity contribution in [3.63, 3.8) is 0 Å². The molecule has 1 aliphatic heterocycles. The predicted octanol–water partition coefficient (Wildman–Crippen LogP) is 2.12. The maximum Gasteiger partial charge on any atom is 0.180 e. The van der Waals surface area contributed by atoms with Crippen molar-refractivity contribution < 1.29 is 16.8 Å². The Bertz CT molecular complexity index is 1390. The molecule has 2 heterocycles. The van der Waals surface area contributed by atoms with Gasteiger partial charge in [-0.15, -0.1) is 0 Å². The molecule has 0 amide bonds. The van der Waals surface area contributed by atoms with Crippen LogP contribution in [0.3, 0.4) is 0 Å². The van der Waals surface area contributed by atoms with Crippen molar-refractivity contribution in [1.29, 1.82) is 0 Å². The summed E-state index contributed by atoms with van der Waals surface area (Å²) in [6.07, 6.45) is 0. The van der Waals surface area contributed by atoms with Crippen molar-refractivity contribution in [2.45, 2.75) is 18.4 Å². The highest BCUT2D eigenvalue weighted by atomic mass is 32.2. The molecule has 1 aliphatic rings. The van der Waals surface area contributed by atoms with Crippen LogP contribution in [0.1, 0.15) is 11.1 Å². The summed E-state index contributed by atoms with van der Waals surface area (Å²) >= 11 is 0. The van der Waals surface area contributed by atoms with Crippen LogP contribution < -0.4 is 16.0 Å². The molecule has 3 aromatic rings. The minimum absolute atomic E-state index is 0.00226. The summed E-state index contributed by atoms with van der Waals surface area (Å²) in [5, 5.41) is 4.14. The molecule has 2 aromatic carbocycles. The Labute approximate surface area is 194 Å². The summed E-state index contributed by atoms with van der Waals surface area (Å²) < 4.78 is 49.6. The van der Waals surface area contributed by atoms with Crippen molar-refractivity contribution >= 4 is 42.1 Å². The number of fused-ring (bicyclic) bond motifs is 2. The number of anilines is 2. The third-order valence-electron chi connectivity index (χ3n) is 5.73. The normalized spacial score (nSPS) is 15.8. The fourth-order valence-corrected chi connectivity index (χ4v) is 6.49. The first-order chi connectivity index (χ1) is 15.7. The molecule has 3 N–H and O–H groups in total. The van der Waals surface area contributed by atoms with Gasteiger partial charge >= 0.3 is 0 Å². The van der Waals surface area contributed by atoms with E-state index in [9.17, 15) is 16.8 Å². The van der Waals surface area contributed by atoms with E-state index in [2.05, 4.69) is 5.32 Å². The lowest BCUT2D eigenvalue weighted by Crippen LogP contribution is -2.27. The van der Waals surface area contributed by atoms with E-state index in [1.165, 1.54) is 0 Å². The second-order valence-corrected chi connectivity index (χ2v) is 12.6. The van der Waals surface area contributed by atoms with E-state index < -0.39 is 19.7 Å². The van der Waals surface area contributed by atoms with Crippen molar-refractivity contribution in [2.24, 2.45) is 5.73 Å². The highest BCUT2D eigenvalue weighted by molar-refractivity contribution is 7.91. The third kappa shape index (κ3) is 5.29. The first kappa shape index (κ1) is 23.5. The van der Waals surface area contributed by atoms with Gasteiger partial charge in [-0.1, -0.05) is 29.8 Å². The molecule has 0 saturated heterocycles. The van der Waals surface area contributed by atoms with E-state index in [1.807, 2.05) is 48.2 Å². The van der Waals surface area contributed by atoms with E-state index in [0.29, 0.717) is 23.8 Å². The summed E-state index contributed by atoms with van der Waals surface area (Å²) in [4.78, 5) is 7.13. The molecule has 0 radical (unpaired) electrons. The maximum atomic E-state index is 12.8. The maximum absolute atomic E-state index is 12.8. The smallest absolute Gasteiger partial charge is 0.180 e. The first-order valence-corrected chi connectivity index (χ1v) is 14.3. The van der Waals surface area contributed by atoms with Crippen LogP contribution in [-0.4, -0.2) is 58.7 Å². The van der Waals surface area contributed by atoms with Gasteiger partial charge < -0.3 is 16.0 Å². The van der Waals surface area contributed by atoms with Crippen molar-refractivity contribution in [3.05, 3.63) is 59.7 Å². The molecule has 33 heavy (non-hydrogen) atoms. The summed E-state index contributed by atoms with van der Waals surface area (Å²) in [5.41, 5.74) is 8.72. The Morgan fingerprint density at radius 3 is 2.70 bits per heavy atom. The molecular formula is C23H28N4O4S2. The topological polar surface area (TPSA) is 122 Å². The zero-order valence-electron chi connectivity index (χ0n) is 18.5. The lowest BCUT2D eigenvalue weighted by Gasteiger charge is -2.23. The van der Waals surface area contributed by atoms with Gasteiger partial charge in [-0.2, -0.15) is 0 Å². The largest absolute Gasteiger partial charge is 0.383 e. The molecule has 0 fully saturated rings. The summed E-state index contributed by atoms with van der Waals surface area (Å²) in [6.45, 7) is 3.06. The minimum atomic E-state index is -3.38. The molecular weight excluding hydrogens is 460 g/mol. The van der Waals surface area contributed by atoms with Crippen LogP contribution in [0.25, 0.3) is 10.9 Å². The van der Waals surface area contributed by atoms with E-state index in [1.54, 1.807) is 12.1 Å². The average Bonchev–Trinajstić information content (AvgIpc) is 2.90. The van der Waals surface area contributed by atoms with Gasteiger partial charge in [0.2, 0.25) is 0 Å². The second kappa shape index (κ2) is 9.28. The van der Waals surface area contributed by atoms with Crippen LogP contribution in [0, 0.1) is 6.92 Å². The lowest BCUT2D eigenvalue weighted by atomic mass is 10.1. The number of sulfone groups is 2. The molecule has 176 valence electrons. The molecule has 0 saturated carbocycles. The number of aryl methyl sites for hydroxylation is 1. The Morgan fingerprint density at radius 1 is 1.12 bits per heavy atom. The SMILES string of the molecule is Cc1ccc2nc(N3CCS(=O)(=O)c4ccccc4C3)cc(NCCS(=O)(=O)CCN)c2c1. The van der Waals surface area contributed by atoms with Gasteiger partial charge in [0.1, 0.15) is 5.82 Å². The zero-order chi connectivity index (χ0) is 23.6. The number of rotatable bonds is 7. The van der Waals surface area contributed by atoms with Gasteiger partial charge in [-0.05, 0) is 30.7 Å². The summed E-state index contributed by atoms with van der Waals surface area (Å²) in [5.74, 6) is 0.575. The molecule has 0 atom stereocenters. The van der Waals surface area contributed by atoms with Crippen LogP contribution in [-0.2, 0) is 26.2 Å². The third-order valence-corrected chi connectivity index (χ3v) is 9.20. The monoisotopic (exact) mass is 488 g/mol. The van der Waals surface area contributed by atoms with Gasteiger partial charge in [0.15, 0.2) is 19.7 Å². The van der Waals surface area contributed by atoms with Crippen molar-refractivity contribution in [3.8, 4) is 0 Å². The van der Waals surface area contributed by atoms with Crippen LogP contribution in [0.5, 0.6) is 0 Å². The Balaban J connectivity index is 1.69. The average molecular weight is 489 g/mol. The molecule has 10 heteroatoms. The predicted molar refractivity (Wildman–Crippen MR) is 132 cm³/mol. The molecule has 0 spiro atoms.